The maximum atomic E-state index is 4.58. The van der Waals surface area contributed by atoms with Gasteiger partial charge in [-0.2, -0.15) is 0 Å². The highest BCUT2D eigenvalue weighted by molar-refractivity contribution is 14.0. The minimum atomic E-state index is 0. The van der Waals surface area contributed by atoms with Crippen molar-refractivity contribution in [1.29, 1.82) is 0 Å². The van der Waals surface area contributed by atoms with E-state index < -0.39 is 0 Å². The second-order valence-electron chi connectivity index (χ2n) is 8.40. The first kappa shape index (κ1) is 25.1. The van der Waals surface area contributed by atoms with Gasteiger partial charge in [0.25, 0.3) is 0 Å². The van der Waals surface area contributed by atoms with Crippen LogP contribution in [0.2, 0.25) is 0 Å². The molecule has 3 heterocycles. The summed E-state index contributed by atoms with van der Waals surface area (Å²) in [4.78, 5) is 16.3. The Kier molecular flexibility index (Phi) is 11.2. The van der Waals surface area contributed by atoms with E-state index in [1.54, 1.807) is 0 Å². The molecule has 170 valence electrons. The summed E-state index contributed by atoms with van der Waals surface area (Å²) in [5.41, 5.74) is 1.24. The zero-order valence-electron chi connectivity index (χ0n) is 18.9. The van der Waals surface area contributed by atoms with Gasteiger partial charge in [-0.25, -0.2) is 4.98 Å². The molecule has 2 fully saturated rings. The highest BCUT2D eigenvalue weighted by Crippen LogP contribution is 2.16. The predicted octanol–water partition coefficient (Wildman–Crippen LogP) is 2.38. The molecule has 2 saturated heterocycles. The molecule has 2 aliphatic heterocycles. The quantitative estimate of drug-likeness (QED) is 0.245. The zero-order chi connectivity index (χ0) is 20.5. The number of nitrogens with one attached hydrogen (secondary N) is 2. The summed E-state index contributed by atoms with van der Waals surface area (Å²) in [7, 11) is 4.01. The second-order valence-corrected chi connectivity index (χ2v) is 8.40. The molecule has 1 aromatic heterocycles. The van der Waals surface area contributed by atoms with E-state index in [2.05, 4.69) is 61.4 Å². The number of aromatic nitrogens is 1. The smallest absolute Gasteiger partial charge is 0.191 e. The first-order chi connectivity index (χ1) is 14.2. The lowest BCUT2D eigenvalue weighted by Gasteiger charge is -2.33. The number of halogens is 1. The van der Waals surface area contributed by atoms with Crippen molar-refractivity contribution in [1.82, 2.24) is 25.4 Å². The second kappa shape index (κ2) is 13.3. The van der Waals surface area contributed by atoms with E-state index in [4.69, 9.17) is 0 Å². The molecule has 0 aromatic carbocycles. The number of nitrogens with zero attached hydrogens (tertiary/aromatic N) is 5. The average Bonchev–Trinajstić information content (AvgIpc) is 2.75. The molecule has 3 rings (SSSR count). The lowest BCUT2D eigenvalue weighted by Crippen LogP contribution is -2.44. The fourth-order valence-electron chi connectivity index (χ4n) is 4.16. The van der Waals surface area contributed by atoms with Crippen molar-refractivity contribution in [3.63, 3.8) is 0 Å². The number of anilines is 1. The molecule has 7 nitrogen and oxygen atoms in total. The lowest BCUT2D eigenvalue weighted by molar-refractivity contribution is 0.159. The van der Waals surface area contributed by atoms with Gasteiger partial charge in [0.2, 0.25) is 0 Å². The van der Waals surface area contributed by atoms with Crippen LogP contribution in [0.3, 0.4) is 0 Å². The van der Waals surface area contributed by atoms with E-state index in [0.717, 1.165) is 63.5 Å². The number of likely N-dealkylation sites (N-methyl/N-ethyl adjacent to an activating group) is 1. The van der Waals surface area contributed by atoms with Crippen LogP contribution in [0, 0.1) is 0 Å². The van der Waals surface area contributed by atoms with Crippen LogP contribution in [-0.2, 0) is 6.54 Å². The molecule has 1 aromatic rings. The number of piperazine rings is 1. The predicted molar refractivity (Wildman–Crippen MR) is 137 cm³/mol. The van der Waals surface area contributed by atoms with Gasteiger partial charge in [0, 0.05) is 65.1 Å². The first-order valence-electron chi connectivity index (χ1n) is 11.2. The Balaban J connectivity index is 0.00000320. The highest BCUT2D eigenvalue weighted by atomic mass is 127. The zero-order valence-corrected chi connectivity index (χ0v) is 21.3. The van der Waals surface area contributed by atoms with Gasteiger partial charge >= 0.3 is 0 Å². The van der Waals surface area contributed by atoms with E-state index in [-0.39, 0.29) is 24.0 Å². The molecule has 1 atom stereocenters. The minimum absolute atomic E-state index is 0. The third kappa shape index (κ3) is 7.85. The average molecular weight is 530 g/mol. The van der Waals surface area contributed by atoms with Crippen molar-refractivity contribution in [2.75, 3.05) is 64.8 Å². The van der Waals surface area contributed by atoms with Crippen LogP contribution in [0.4, 0.5) is 5.82 Å². The SMILES string of the molecule is CN=C(NCCCN1CCCCC1C)NCc1ccnc(N2CCN(C)CC2)c1.I. The summed E-state index contributed by atoms with van der Waals surface area (Å²) in [6, 6.07) is 5.02. The fraction of sp³-hybridized carbons (Fsp3) is 0.727. The van der Waals surface area contributed by atoms with E-state index in [9.17, 15) is 0 Å². The maximum absolute atomic E-state index is 4.58. The number of rotatable bonds is 7. The third-order valence-electron chi connectivity index (χ3n) is 6.18. The summed E-state index contributed by atoms with van der Waals surface area (Å²) in [5.74, 6) is 1.95. The summed E-state index contributed by atoms with van der Waals surface area (Å²) < 4.78 is 0. The van der Waals surface area contributed by atoms with Crippen molar-refractivity contribution in [3.8, 4) is 0 Å². The summed E-state index contributed by atoms with van der Waals surface area (Å²) in [6.07, 6.45) is 7.15. The van der Waals surface area contributed by atoms with Crippen molar-refractivity contribution >= 4 is 35.8 Å². The number of piperidine rings is 1. The first-order valence-corrected chi connectivity index (χ1v) is 11.2. The van der Waals surface area contributed by atoms with E-state index in [0.29, 0.717) is 0 Å². The number of likely N-dealkylation sites (tertiary alicyclic amines) is 1. The topological polar surface area (TPSA) is 59.0 Å². The number of guanidine groups is 1. The Morgan fingerprint density at radius 3 is 2.70 bits per heavy atom. The van der Waals surface area contributed by atoms with Gasteiger partial charge in [0.1, 0.15) is 5.82 Å². The van der Waals surface area contributed by atoms with Crippen LogP contribution >= 0.6 is 24.0 Å². The molecule has 0 saturated carbocycles. The molecule has 2 aliphatic rings. The Morgan fingerprint density at radius 1 is 1.17 bits per heavy atom. The number of aliphatic imine (C=N–C) groups is 1. The Morgan fingerprint density at radius 2 is 1.97 bits per heavy atom. The Hall–Kier alpha value is -1.13. The van der Waals surface area contributed by atoms with Crippen LogP contribution < -0.4 is 15.5 Å². The van der Waals surface area contributed by atoms with Crippen molar-refractivity contribution in [2.45, 2.75) is 45.2 Å². The van der Waals surface area contributed by atoms with Gasteiger partial charge in [0.05, 0.1) is 0 Å². The normalized spacial score (nSPS) is 21.2. The largest absolute Gasteiger partial charge is 0.356 e. The summed E-state index contributed by atoms with van der Waals surface area (Å²) in [6.45, 7) is 10.8. The van der Waals surface area contributed by atoms with Crippen LogP contribution in [0.15, 0.2) is 23.3 Å². The number of pyridine rings is 1. The monoisotopic (exact) mass is 529 g/mol. The van der Waals surface area contributed by atoms with Crippen LogP contribution in [0.25, 0.3) is 0 Å². The van der Waals surface area contributed by atoms with Gasteiger partial charge < -0.3 is 25.3 Å². The molecule has 1 unspecified atom stereocenters. The summed E-state index contributed by atoms with van der Waals surface area (Å²) >= 11 is 0. The fourth-order valence-corrected chi connectivity index (χ4v) is 4.16. The van der Waals surface area contributed by atoms with E-state index in [1.165, 1.54) is 37.9 Å². The lowest BCUT2D eigenvalue weighted by atomic mass is 10.0. The molecular weight excluding hydrogens is 489 g/mol. The van der Waals surface area contributed by atoms with Crippen LogP contribution in [0.1, 0.15) is 38.2 Å². The molecule has 0 amide bonds. The van der Waals surface area contributed by atoms with Crippen molar-refractivity contribution in [2.24, 2.45) is 4.99 Å². The molecule has 0 radical (unpaired) electrons. The van der Waals surface area contributed by atoms with Gasteiger partial charge in [-0.1, -0.05) is 6.42 Å². The third-order valence-corrected chi connectivity index (χ3v) is 6.18. The molecule has 0 bridgehead atoms. The van der Waals surface area contributed by atoms with Gasteiger partial charge in [0.15, 0.2) is 5.96 Å². The minimum Gasteiger partial charge on any atom is -0.356 e. The number of hydrogen-bond donors (Lipinski definition) is 2. The van der Waals surface area contributed by atoms with Gasteiger partial charge in [-0.15, -0.1) is 24.0 Å². The molecule has 30 heavy (non-hydrogen) atoms. The van der Waals surface area contributed by atoms with Crippen LogP contribution in [0.5, 0.6) is 0 Å². The highest BCUT2D eigenvalue weighted by Gasteiger charge is 2.17. The van der Waals surface area contributed by atoms with E-state index in [1.807, 2.05) is 13.2 Å². The standard InChI is InChI=1S/C22H39N7.HI/c1-19-7-4-5-11-28(19)12-6-9-25-22(23-2)26-18-20-8-10-24-21(17-20)29-15-13-27(3)14-16-29;/h8,10,17,19H,4-7,9,11-16,18H2,1-3H3,(H2,23,25,26);1H. The molecule has 8 heteroatoms. The van der Waals surface area contributed by atoms with Crippen LogP contribution in [-0.4, -0.2) is 86.7 Å². The summed E-state index contributed by atoms with van der Waals surface area (Å²) in [5, 5.41) is 6.90. The van der Waals surface area contributed by atoms with Crippen molar-refractivity contribution < 1.29 is 0 Å². The number of hydrogen-bond acceptors (Lipinski definition) is 5. The van der Waals surface area contributed by atoms with Gasteiger partial charge in [-0.3, -0.25) is 4.99 Å². The molecular formula is C22H40IN7. The maximum Gasteiger partial charge on any atom is 0.191 e. The molecule has 0 spiro atoms. The van der Waals surface area contributed by atoms with Crippen molar-refractivity contribution in [3.05, 3.63) is 23.9 Å². The molecule has 2 N–H and O–H groups in total. The Bertz CT molecular complexity index is 646. The van der Waals surface area contributed by atoms with E-state index >= 15 is 0 Å². The molecule has 0 aliphatic carbocycles. The Labute approximate surface area is 199 Å². The van der Waals surface area contributed by atoms with Gasteiger partial charge in [-0.05, 0) is 57.5 Å².